The summed E-state index contributed by atoms with van der Waals surface area (Å²) in [5, 5.41) is 3.81. The van der Waals surface area contributed by atoms with Gasteiger partial charge in [-0.05, 0) is 48.5 Å². The smallest absolute Gasteiger partial charge is 0.338 e. The van der Waals surface area contributed by atoms with Gasteiger partial charge in [0.25, 0.3) is 0 Å². The molecule has 1 heterocycles. The van der Waals surface area contributed by atoms with E-state index in [2.05, 4.69) is 5.16 Å². The van der Waals surface area contributed by atoms with Gasteiger partial charge in [0.05, 0.1) is 25.3 Å². The van der Waals surface area contributed by atoms with Crippen LogP contribution < -0.4 is 9.47 Å². The molecule has 0 aliphatic carbocycles. The molecule has 0 saturated carbocycles. The summed E-state index contributed by atoms with van der Waals surface area (Å²) in [6.07, 6.45) is -0.724. The molecule has 1 atom stereocenters. The van der Waals surface area contributed by atoms with Gasteiger partial charge in [0.15, 0.2) is 12.7 Å². The molecule has 1 unspecified atom stereocenters. The van der Waals surface area contributed by atoms with Crippen LogP contribution in [-0.4, -0.2) is 51.2 Å². The third kappa shape index (κ3) is 4.59. The summed E-state index contributed by atoms with van der Waals surface area (Å²) in [5.74, 6) is 0.203. The molecule has 8 heteroatoms. The minimum atomic E-state index is -0.724. The van der Waals surface area contributed by atoms with Crippen molar-refractivity contribution in [2.24, 2.45) is 5.16 Å². The lowest BCUT2D eigenvalue weighted by molar-refractivity contribution is 0.0285. The van der Waals surface area contributed by atoms with Gasteiger partial charge in [0, 0.05) is 0 Å². The lowest BCUT2D eigenvalue weighted by Crippen LogP contribution is -2.30. The first-order chi connectivity index (χ1) is 13.6. The second-order valence-electron chi connectivity index (χ2n) is 5.81. The van der Waals surface area contributed by atoms with Crippen LogP contribution in [0.1, 0.15) is 20.7 Å². The fourth-order valence-electron chi connectivity index (χ4n) is 2.44. The number of oxime groups is 1. The van der Waals surface area contributed by atoms with Crippen molar-refractivity contribution in [2.75, 3.05) is 27.4 Å². The summed E-state index contributed by atoms with van der Waals surface area (Å²) in [6.45, 7) is -0.0806. The van der Waals surface area contributed by atoms with Crippen LogP contribution in [-0.2, 0) is 14.3 Å². The van der Waals surface area contributed by atoms with Crippen molar-refractivity contribution in [3.8, 4) is 11.5 Å². The number of esters is 2. The molecule has 0 spiro atoms. The summed E-state index contributed by atoms with van der Waals surface area (Å²) in [4.78, 5) is 29.4. The molecule has 8 nitrogen and oxygen atoms in total. The maximum absolute atomic E-state index is 12.3. The number of carbonyl (C=O) groups is 2. The molecule has 2 aromatic carbocycles. The van der Waals surface area contributed by atoms with Crippen molar-refractivity contribution in [1.29, 1.82) is 0 Å². The summed E-state index contributed by atoms with van der Waals surface area (Å²) in [6, 6.07) is 13.0. The molecule has 0 bridgehead atoms. The van der Waals surface area contributed by atoms with Gasteiger partial charge in [-0.15, -0.1) is 0 Å². The van der Waals surface area contributed by atoms with Gasteiger partial charge in [-0.25, -0.2) is 9.59 Å². The average molecular weight is 385 g/mol. The monoisotopic (exact) mass is 385 g/mol. The minimum Gasteiger partial charge on any atom is -0.497 e. The SMILES string of the molecule is COc1ccc(C(=O)OCC2=NOCC2OC(=O)c2ccc(OC)cc2)cc1. The average Bonchev–Trinajstić information content (AvgIpc) is 3.19. The van der Waals surface area contributed by atoms with E-state index in [0.29, 0.717) is 28.3 Å². The fraction of sp³-hybridized carbons (Fsp3) is 0.250. The zero-order chi connectivity index (χ0) is 19.9. The first-order valence-corrected chi connectivity index (χ1v) is 8.45. The molecule has 0 radical (unpaired) electrons. The van der Waals surface area contributed by atoms with Crippen LogP contribution in [0.25, 0.3) is 0 Å². The van der Waals surface area contributed by atoms with E-state index in [1.165, 1.54) is 0 Å². The molecular weight excluding hydrogens is 366 g/mol. The number of methoxy groups -OCH3 is 2. The lowest BCUT2D eigenvalue weighted by Gasteiger charge is -2.13. The number of carbonyl (C=O) groups excluding carboxylic acids is 2. The summed E-state index contributed by atoms with van der Waals surface area (Å²) in [7, 11) is 3.08. The van der Waals surface area contributed by atoms with Gasteiger partial charge in [-0.2, -0.15) is 0 Å². The van der Waals surface area contributed by atoms with Gasteiger partial charge >= 0.3 is 11.9 Å². The number of hydrogen-bond acceptors (Lipinski definition) is 8. The van der Waals surface area contributed by atoms with Crippen molar-refractivity contribution in [2.45, 2.75) is 6.10 Å². The van der Waals surface area contributed by atoms with E-state index in [9.17, 15) is 9.59 Å². The first kappa shape index (κ1) is 19.2. The predicted octanol–water partition coefficient (Wildman–Crippen LogP) is 2.47. The van der Waals surface area contributed by atoms with Crippen LogP contribution in [0.5, 0.6) is 11.5 Å². The Morgan fingerprint density at radius 3 is 2.00 bits per heavy atom. The van der Waals surface area contributed by atoms with E-state index in [4.69, 9.17) is 23.8 Å². The highest BCUT2D eigenvalue weighted by molar-refractivity contribution is 5.97. The third-order valence-electron chi connectivity index (χ3n) is 4.03. The van der Waals surface area contributed by atoms with E-state index in [-0.39, 0.29) is 13.2 Å². The number of hydrogen-bond donors (Lipinski definition) is 0. The highest BCUT2D eigenvalue weighted by atomic mass is 16.7. The van der Waals surface area contributed by atoms with Crippen molar-refractivity contribution < 1.29 is 33.4 Å². The molecule has 0 amide bonds. The van der Waals surface area contributed by atoms with E-state index >= 15 is 0 Å². The highest BCUT2D eigenvalue weighted by Crippen LogP contribution is 2.16. The van der Waals surface area contributed by atoms with Crippen LogP contribution in [0.4, 0.5) is 0 Å². The van der Waals surface area contributed by atoms with Gasteiger partial charge in [0.2, 0.25) is 0 Å². The Hall–Kier alpha value is -3.55. The zero-order valence-electron chi connectivity index (χ0n) is 15.4. The summed E-state index contributed by atoms with van der Waals surface area (Å²) < 4.78 is 20.7. The summed E-state index contributed by atoms with van der Waals surface area (Å²) >= 11 is 0. The topological polar surface area (TPSA) is 92.7 Å². The maximum atomic E-state index is 12.3. The van der Waals surface area contributed by atoms with Crippen LogP contribution in [0.15, 0.2) is 53.7 Å². The van der Waals surface area contributed by atoms with Gasteiger partial charge < -0.3 is 23.8 Å². The molecule has 2 aromatic rings. The van der Waals surface area contributed by atoms with Crippen LogP contribution >= 0.6 is 0 Å². The molecule has 3 rings (SSSR count). The second kappa shape index (κ2) is 8.90. The minimum absolute atomic E-state index is 0.0668. The Balaban J connectivity index is 1.55. The Morgan fingerprint density at radius 2 is 1.46 bits per heavy atom. The van der Waals surface area contributed by atoms with E-state index < -0.39 is 18.0 Å². The third-order valence-corrected chi connectivity index (χ3v) is 4.03. The maximum Gasteiger partial charge on any atom is 0.338 e. The molecule has 0 N–H and O–H groups in total. The van der Waals surface area contributed by atoms with E-state index in [0.717, 1.165) is 0 Å². The molecule has 0 aromatic heterocycles. The normalized spacial score (nSPS) is 15.2. The van der Waals surface area contributed by atoms with Crippen molar-refractivity contribution in [3.05, 3.63) is 59.7 Å². The Labute approximate surface area is 161 Å². The molecular formula is C20H19NO7. The molecule has 0 saturated heterocycles. The first-order valence-electron chi connectivity index (χ1n) is 8.45. The molecule has 0 fully saturated rings. The van der Waals surface area contributed by atoms with Crippen molar-refractivity contribution in [1.82, 2.24) is 0 Å². The van der Waals surface area contributed by atoms with Gasteiger partial charge in [-0.3, -0.25) is 0 Å². The Morgan fingerprint density at radius 1 is 0.929 bits per heavy atom. The van der Waals surface area contributed by atoms with E-state index in [1.807, 2.05) is 0 Å². The summed E-state index contributed by atoms with van der Waals surface area (Å²) in [5.41, 5.74) is 1.05. The second-order valence-corrected chi connectivity index (χ2v) is 5.81. The molecule has 1 aliphatic heterocycles. The van der Waals surface area contributed by atoms with Gasteiger partial charge in [-0.1, -0.05) is 5.16 Å². The number of ether oxygens (including phenoxy) is 4. The largest absolute Gasteiger partial charge is 0.497 e. The Bertz CT molecular complexity index is 859. The number of nitrogens with zero attached hydrogens (tertiary/aromatic N) is 1. The fourth-order valence-corrected chi connectivity index (χ4v) is 2.44. The van der Waals surface area contributed by atoms with Crippen molar-refractivity contribution in [3.63, 3.8) is 0 Å². The molecule has 28 heavy (non-hydrogen) atoms. The Kier molecular flexibility index (Phi) is 6.11. The van der Waals surface area contributed by atoms with Crippen LogP contribution in [0, 0.1) is 0 Å². The molecule has 146 valence electrons. The predicted molar refractivity (Wildman–Crippen MR) is 98.9 cm³/mol. The van der Waals surface area contributed by atoms with Crippen LogP contribution in [0.3, 0.4) is 0 Å². The molecule has 1 aliphatic rings. The quantitative estimate of drug-likeness (QED) is 0.676. The number of benzene rings is 2. The number of rotatable bonds is 7. The zero-order valence-corrected chi connectivity index (χ0v) is 15.4. The van der Waals surface area contributed by atoms with Crippen molar-refractivity contribution >= 4 is 17.7 Å². The van der Waals surface area contributed by atoms with E-state index in [1.54, 1.807) is 62.8 Å². The lowest BCUT2D eigenvalue weighted by atomic mass is 10.2. The van der Waals surface area contributed by atoms with Crippen LogP contribution in [0.2, 0.25) is 0 Å². The van der Waals surface area contributed by atoms with Gasteiger partial charge in [0.1, 0.15) is 23.8 Å². The highest BCUT2D eigenvalue weighted by Gasteiger charge is 2.29. The standard InChI is InChI=1S/C20H19NO7/c1-24-15-7-3-13(4-8-15)19(22)26-11-17-18(12-27-21-17)28-20(23)14-5-9-16(25-2)10-6-14/h3-10,18H,11-12H2,1-2H3.